The van der Waals surface area contributed by atoms with Gasteiger partial charge in [-0.3, -0.25) is 9.59 Å². The summed E-state index contributed by atoms with van der Waals surface area (Å²) in [4.78, 5) is 34.7. The van der Waals surface area contributed by atoms with E-state index >= 15 is 0 Å². The second-order valence-electron chi connectivity index (χ2n) is 5.91. The predicted octanol–water partition coefficient (Wildman–Crippen LogP) is 1.80. The Kier molecular flexibility index (Phi) is 4.80. The van der Waals surface area contributed by atoms with Crippen molar-refractivity contribution >= 4 is 23.5 Å². The lowest BCUT2D eigenvalue weighted by atomic mass is 9.99. The van der Waals surface area contributed by atoms with Gasteiger partial charge in [-0.15, -0.1) is 0 Å². The molecule has 1 aromatic rings. The smallest absolute Gasteiger partial charge is 0.326 e. The first-order chi connectivity index (χ1) is 10.4. The van der Waals surface area contributed by atoms with E-state index in [0.29, 0.717) is 30.5 Å². The summed E-state index contributed by atoms with van der Waals surface area (Å²) >= 11 is 0. The molecule has 2 amide bonds. The average molecular weight is 304 g/mol. The van der Waals surface area contributed by atoms with Crippen molar-refractivity contribution in [3.8, 4) is 0 Å². The van der Waals surface area contributed by atoms with Crippen LogP contribution in [0.15, 0.2) is 18.2 Å². The monoisotopic (exact) mass is 304 g/mol. The Labute approximate surface area is 128 Å². The first-order valence-electron chi connectivity index (χ1n) is 7.33. The lowest BCUT2D eigenvalue weighted by Crippen LogP contribution is -2.41. The van der Waals surface area contributed by atoms with E-state index in [-0.39, 0.29) is 11.8 Å². The Hall–Kier alpha value is -2.37. The van der Waals surface area contributed by atoms with Crippen LogP contribution in [0.25, 0.3) is 0 Å². The van der Waals surface area contributed by atoms with Crippen molar-refractivity contribution in [3.63, 3.8) is 0 Å². The molecule has 0 saturated carbocycles. The number of nitrogens with one attached hydrogen (secondary N) is 2. The molecule has 1 aromatic carbocycles. The molecule has 1 aliphatic rings. The Bertz CT molecular complexity index is 610. The van der Waals surface area contributed by atoms with E-state index in [0.717, 1.165) is 5.56 Å². The summed E-state index contributed by atoms with van der Waals surface area (Å²) in [7, 11) is 0. The highest BCUT2D eigenvalue weighted by atomic mass is 16.4. The third-order valence-corrected chi connectivity index (χ3v) is 3.57. The van der Waals surface area contributed by atoms with Crippen molar-refractivity contribution in [3.05, 3.63) is 29.3 Å². The van der Waals surface area contributed by atoms with Gasteiger partial charge in [0.25, 0.3) is 5.91 Å². The number of fused-ring (bicyclic) bond motifs is 1. The van der Waals surface area contributed by atoms with Gasteiger partial charge in [-0.05, 0) is 42.5 Å². The zero-order valence-corrected chi connectivity index (χ0v) is 12.7. The fourth-order valence-electron chi connectivity index (χ4n) is 2.46. The fourth-order valence-corrected chi connectivity index (χ4v) is 2.46. The molecule has 1 heterocycles. The molecule has 6 heteroatoms. The van der Waals surface area contributed by atoms with Crippen molar-refractivity contribution < 1.29 is 19.5 Å². The molecular formula is C16H20N2O4. The molecule has 6 nitrogen and oxygen atoms in total. The average Bonchev–Trinajstić information content (AvgIpc) is 2.45. The number of carbonyl (C=O) groups excluding carboxylic acids is 2. The van der Waals surface area contributed by atoms with Crippen molar-refractivity contribution in [2.75, 3.05) is 5.32 Å². The molecule has 0 unspecified atom stereocenters. The van der Waals surface area contributed by atoms with Gasteiger partial charge in [0.2, 0.25) is 5.91 Å². The number of aliphatic carboxylic acids is 1. The number of carboxylic acids is 1. The van der Waals surface area contributed by atoms with E-state index in [9.17, 15) is 19.5 Å². The molecule has 118 valence electrons. The maximum atomic E-state index is 12.2. The Balaban J connectivity index is 2.12. The second kappa shape index (κ2) is 6.60. The third kappa shape index (κ3) is 3.84. The molecule has 3 N–H and O–H groups in total. The predicted molar refractivity (Wildman–Crippen MR) is 81.7 cm³/mol. The minimum Gasteiger partial charge on any atom is -0.480 e. The van der Waals surface area contributed by atoms with Gasteiger partial charge >= 0.3 is 5.97 Å². The largest absolute Gasteiger partial charge is 0.480 e. The number of rotatable bonds is 5. The van der Waals surface area contributed by atoms with Crippen molar-refractivity contribution in [1.82, 2.24) is 5.32 Å². The zero-order valence-electron chi connectivity index (χ0n) is 12.7. The first kappa shape index (κ1) is 16.0. The van der Waals surface area contributed by atoms with Crippen LogP contribution in [0, 0.1) is 5.92 Å². The number of aryl methyl sites for hydroxylation is 1. The fraction of sp³-hybridized carbons (Fsp3) is 0.438. The van der Waals surface area contributed by atoms with Gasteiger partial charge in [-0.25, -0.2) is 4.79 Å². The van der Waals surface area contributed by atoms with Gasteiger partial charge in [-0.2, -0.15) is 0 Å². The van der Waals surface area contributed by atoms with E-state index < -0.39 is 17.9 Å². The van der Waals surface area contributed by atoms with Crippen LogP contribution in [-0.4, -0.2) is 28.9 Å². The lowest BCUT2D eigenvalue weighted by Gasteiger charge is -2.19. The molecule has 0 aliphatic carbocycles. The van der Waals surface area contributed by atoms with Gasteiger partial charge in [0.15, 0.2) is 0 Å². The summed E-state index contributed by atoms with van der Waals surface area (Å²) in [6, 6.07) is 4.08. The normalized spacial score (nSPS) is 15.0. The van der Waals surface area contributed by atoms with Crippen LogP contribution < -0.4 is 10.6 Å². The summed E-state index contributed by atoms with van der Waals surface area (Å²) in [6.07, 6.45) is 1.35. The van der Waals surface area contributed by atoms with Crippen LogP contribution in [0.5, 0.6) is 0 Å². The van der Waals surface area contributed by atoms with Crippen molar-refractivity contribution in [1.29, 1.82) is 0 Å². The van der Waals surface area contributed by atoms with Crippen LogP contribution in [0.4, 0.5) is 5.69 Å². The summed E-state index contributed by atoms with van der Waals surface area (Å²) in [6.45, 7) is 3.81. The molecule has 0 saturated heterocycles. The quantitative estimate of drug-likeness (QED) is 0.773. The summed E-state index contributed by atoms with van der Waals surface area (Å²) in [5.74, 6) is -1.31. The Morgan fingerprint density at radius 1 is 1.32 bits per heavy atom. The number of anilines is 1. The van der Waals surface area contributed by atoms with Crippen LogP contribution in [0.3, 0.4) is 0 Å². The number of hydrogen-bond donors (Lipinski definition) is 3. The van der Waals surface area contributed by atoms with Crippen LogP contribution >= 0.6 is 0 Å². The minimum absolute atomic E-state index is 0.0347. The van der Waals surface area contributed by atoms with Gasteiger partial charge < -0.3 is 15.7 Å². The number of carbonyl (C=O) groups is 3. The third-order valence-electron chi connectivity index (χ3n) is 3.57. The molecule has 0 radical (unpaired) electrons. The molecule has 2 rings (SSSR count). The van der Waals surface area contributed by atoms with Crippen molar-refractivity contribution in [2.45, 2.75) is 39.2 Å². The summed E-state index contributed by atoms with van der Waals surface area (Å²) in [5, 5.41) is 14.5. The molecule has 0 spiro atoms. The second-order valence-corrected chi connectivity index (χ2v) is 5.91. The van der Waals surface area contributed by atoms with Crippen LogP contribution in [-0.2, 0) is 16.0 Å². The van der Waals surface area contributed by atoms with E-state index in [1.54, 1.807) is 18.2 Å². The lowest BCUT2D eigenvalue weighted by molar-refractivity contribution is -0.139. The minimum atomic E-state index is -1.03. The van der Waals surface area contributed by atoms with Gasteiger partial charge in [-0.1, -0.05) is 13.8 Å². The maximum Gasteiger partial charge on any atom is 0.326 e. The standard InChI is InChI=1S/C16H20N2O4/c1-9(2)7-13(16(21)22)18-15(20)11-3-5-12-10(8-11)4-6-14(19)17-12/h3,5,8-9,13H,4,6-7H2,1-2H3,(H,17,19)(H,18,20)(H,21,22)/t13-/m1/s1. The summed E-state index contributed by atoms with van der Waals surface area (Å²) < 4.78 is 0. The van der Waals surface area contributed by atoms with Crippen LogP contribution in [0.1, 0.15) is 42.6 Å². The molecule has 0 bridgehead atoms. The van der Waals surface area contributed by atoms with Gasteiger partial charge in [0.1, 0.15) is 6.04 Å². The van der Waals surface area contributed by atoms with E-state index in [4.69, 9.17) is 0 Å². The van der Waals surface area contributed by atoms with E-state index in [1.807, 2.05) is 13.8 Å². The Morgan fingerprint density at radius 2 is 2.05 bits per heavy atom. The Morgan fingerprint density at radius 3 is 2.68 bits per heavy atom. The summed E-state index contributed by atoms with van der Waals surface area (Å²) in [5.41, 5.74) is 2.01. The number of hydrogen-bond acceptors (Lipinski definition) is 3. The number of carboxylic acid groups (broad SMARTS) is 1. The van der Waals surface area contributed by atoms with Gasteiger partial charge in [0.05, 0.1) is 0 Å². The molecule has 1 atom stereocenters. The highest BCUT2D eigenvalue weighted by Crippen LogP contribution is 2.23. The van der Waals surface area contributed by atoms with Crippen LogP contribution in [0.2, 0.25) is 0 Å². The SMILES string of the molecule is CC(C)C[C@@H](NC(=O)c1ccc2c(c1)CCC(=O)N2)C(=O)O. The zero-order chi connectivity index (χ0) is 16.3. The topological polar surface area (TPSA) is 95.5 Å². The van der Waals surface area contributed by atoms with Crippen molar-refractivity contribution in [2.24, 2.45) is 5.92 Å². The van der Waals surface area contributed by atoms with E-state index in [2.05, 4.69) is 10.6 Å². The molecule has 0 fully saturated rings. The number of amides is 2. The highest BCUT2D eigenvalue weighted by Gasteiger charge is 2.23. The molecule has 0 aromatic heterocycles. The number of benzene rings is 1. The maximum absolute atomic E-state index is 12.2. The first-order valence-corrected chi connectivity index (χ1v) is 7.33. The molecular weight excluding hydrogens is 284 g/mol. The van der Waals surface area contributed by atoms with E-state index in [1.165, 1.54) is 0 Å². The van der Waals surface area contributed by atoms with Gasteiger partial charge in [0, 0.05) is 17.7 Å². The highest BCUT2D eigenvalue weighted by molar-refractivity contribution is 5.99. The molecule has 1 aliphatic heterocycles. The molecule has 22 heavy (non-hydrogen) atoms.